The number of nitrogens with zero attached hydrogens (tertiary/aromatic N) is 4. The Hall–Kier alpha value is -3.58. The van der Waals surface area contributed by atoms with Crippen molar-refractivity contribution in [1.29, 1.82) is 0 Å². The molecule has 8 heteroatoms. The number of hydrogen-bond acceptors (Lipinski definition) is 5. The Morgan fingerprint density at radius 1 is 1.03 bits per heavy atom. The SMILES string of the molecule is Cc1c(OCc2ccc(F)cc2)nc(C)n(-c2cc(-c3ccnc(C(C)(C)C)n3)ccc2Cl)c1=O. The molecule has 2 aromatic carbocycles. The Balaban J connectivity index is 1.72. The van der Waals surface area contributed by atoms with E-state index in [2.05, 4.69) is 30.7 Å². The van der Waals surface area contributed by atoms with Gasteiger partial charge in [-0.05, 0) is 49.7 Å². The van der Waals surface area contributed by atoms with Crippen LogP contribution in [0.1, 0.15) is 43.5 Å². The molecule has 0 saturated heterocycles. The first-order chi connectivity index (χ1) is 16.5. The fourth-order valence-corrected chi connectivity index (χ4v) is 3.77. The van der Waals surface area contributed by atoms with Crippen LogP contribution in [0, 0.1) is 19.7 Å². The van der Waals surface area contributed by atoms with Gasteiger partial charge >= 0.3 is 0 Å². The second-order valence-corrected chi connectivity index (χ2v) is 9.73. The standard InChI is InChI=1S/C27H26ClFN4O2/c1-16-24(35-15-18-6-9-20(29)10-7-18)31-17(2)33(25(16)34)23-14-19(8-11-21(23)28)22-12-13-30-26(32-22)27(3,4)5/h6-14H,15H2,1-5H3. The van der Waals surface area contributed by atoms with E-state index >= 15 is 0 Å². The lowest BCUT2D eigenvalue weighted by atomic mass is 9.95. The van der Waals surface area contributed by atoms with Crippen LogP contribution in [0.2, 0.25) is 5.02 Å². The summed E-state index contributed by atoms with van der Waals surface area (Å²) in [5.41, 5.74) is 2.66. The van der Waals surface area contributed by atoms with Crippen LogP contribution < -0.4 is 10.3 Å². The first-order valence-electron chi connectivity index (χ1n) is 11.2. The number of rotatable bonds is 5. The number of aryl methyl sites for hydroxylation is 1. The van der Waals surface area contributed by atoms with Gasteiger partial charge in [-0.3, -0.25) is 9.36 Å². The maximum atomic E-state index is 13.4. The summed E-state index contributed by atoms with van der Waals surface area (Å²) in [6, 6.07) is 13.2. The van der Waals surface area contributed by atoms with Crippen molar-refractivity contribution in [2.24, 2.45) is 0 Å². The van der Waals surface area contributed by atoms with Crippen molar-refractivity contribution in [3.05, 3.63) is 98.7 Å². The molecule has 35 heavy (non-hydrogen) atoms. The van der Waals surface area contributed by atoms with E-state index in [1.54, 1.807) is 38.2 Å². The number of benzene rings is 2. The van der Waals surface area contributed by atoms with Gasteiger partial charge in [-0.1, -0.05) is 50.6 Å². The third-order valence-electron chi connectivity index (χ3n) is 5.53. The highest BCUT2D eigenvalue weighted by atomic mass is 35.5. The zero-order valence-electron chi connectivity index (χ0n) is 20.3. The zero-order chi connectivity index (χ0) is 25.3. The van der Waals surface area contributed by atoms with Crippen LogP contribution in [0.4, 0.5) is 4.39 Å². The maximum absolute atomic E-state index is 13.4. The van der Waals surface area contributed by atoms with Crippen LogP contribution >= 0.6 is 11.6 Å². The first kappa shape index (κ1) is 24.5. The van der Waals surface area contributed by atoms with E-state index in [1.807, 2.05) is 18.2 Å². The van der Waals surface area contributed by atoms with E-state index in [0.717, 1.165) is 22.6 Å². The minimum Gasteiger partial charge on any atom is -0.472 e. The Morgan fingerprint density at radius 3 is 2.43 bits per heavy atom. The van der Waals surface area contributed by atoms with Gasteiger partial charge in [0, 0.05) is 17.2 Å². The van der Waals surface area contributed by atoms with Crippen LogP contribution in [0.15, 0.2) is 59.5 Å². The molecule has 0 saturated carbocycles. The van der Waals surface area contributed by atoms with Crippen molar-refractivity contribution in [3.8, 4) is 22.8 Å². The molecular weight excluding hydrogens is 467 g/mol. The highest BCUT2D eigenvalue weighted by Crippen LogP contribution is 2.29. The van der Waals surface area contributed by atoms with Crippen LogP contribution in [0.5, 0.6) is 5.88 Å². The molecule has 0 N–H and O–H groups in total. The predicted molar refractivity (Wildman–Crippen MR) is 135 cm³/mol. The smallest absolute Gasteiger partial charge is 0.264 e. The molecule has 0 aliphatic carbocycles. The van der Waals surface area contributed by atoms with E-state index in [1.165, 1.54) is 16.7 Å². The van der Waals surface area contributed by atoms with Gasteiger partial charge in [0.1, 0.15) is 24.1 Å². The zero-order valence-corrected chi connectivity index (χ0v) is 21.0. The summed E-state index contributed by atoms with van der Waals surface area (Å²) in [4.78, 5) is 27.0. The number of halogens is 2. The second-order valence-electron chi connectivity index (χ2n) is 9.33. The molecule has 2 aromatic heterocycles. The summed E-state index contributed by atoms with van der Waals surface area (Å²) in [6.07, 6.45) is 1.73. The monoisotopic (exact) mass is 492 g/mol. The molecule has 6 nitrogen and oxygen atoms in total. The van der Waals surface area contributed by atoms with Crippen molar-refractivity contribution >= 4 is 11.6 Å². The number of aromatic nitrogens is 4. The van der Waals surface area contributed by atoms with E-state index in [4.69, 9.17) is 21.3 Å². The van der Waals surface area contributed by atoms with E-state index in [-0.39, 0.29) is 29.3 Å². The summed E-state index contributed by atoms with van der Waals surface area (Å²) in [5.74, 6) is 1.05. The molecule has 0 amide bonds. The molecule has 0 unspecified atom stereocenters. The average molecular weight is 493 g/mol. The van der Waals surface area contributed by atoms with Crippen LogP contribution in [0.25, 0.3) is 16.9 Å². The Bertz CT molecular complexity index is 1440. The van der Waals surface area contributed by atoms with Gasteiger partial charge in [-0.2, -0.15) is 4.98 Å². The highest BCUT2D eigenvalue weighted by molar-refractivity contribution is 6.32. The predicted octanol–water partition coefficient (Wildman–Crippen LogP) is 5.98. The van der Waals surface area contributed by atoms with E-state index in [0.29, 0.717) is 22.1 Å². The van der Waals surface area contributed by atoms with E-state index < -0.39 is 0 Å². The van der Waals surface area contributed by atoms with Crippen LogP contribution in [0.3, 0.4) is 0 Å². The third-order valence-corrected chi connectivity index (χ3v) is 5.85. The molecule has 0 spiro atoms. The van der Waals surface area contributed by atoms with Crippen molar-refractivity contribution in [2.75, 3.05) is 0 Å². The average Bonchev–Trinajstić information content (AvgIpc) is 2.82. The van der Waals surface area contributed by atoms with Crippen molar-refractivity contribution in [1.82, 2.24) is 19.5 Å². The number of hydrogen-bond donors (Lipinski definition) is 0. The van der Waals surface area contributed by atoms with Gasteiger partial charge in [-0.25, -0.2) is 14.4 Å². The molecule has 0 aliphatic heterocycles. The van der Waals surface area contributed by atoms with Gasteiger partial charge in [0.15, 0.2) is 0 Å². The lowest BCUT2D eigenvalue weighted by Gasteiger charge is -2.18. The van der Waals surface area contributed by atoms with Crippen molar-refractivity contribution in [2.45, 2.75) is 46.6 Å². The molecular formula is C27H26ClFN4O2. The van der Waals surface area contributed by atoms with Crippen molar-refractivity contribution < 1.29 is 9.13 Å². The van der Waals surface area contributed by atoms with Gasteiger partial charge in [0.05, 0.1) is 22.0 Å². The van der Waals surface area contributed by atoms with Crippen LogP contribution in [-0.2, 0) is 12.0 Å². The van der Waals surface area contributed by atoms with Gasteiger partial charge < -0.3 is 4.74 Å². The third kappa shape index (κ3) is 5.25. The second kappa shape index (κ2) is 9.58. The fraction of sp³-hybridized carbons (Fsp3) is 0.259. The normalized spacial score (nSPS) is 11.5. The summed E-state index contributed by atoms with van der Waals surface area (Å²) in [6.45, 7) is 9.69. The summed E-state index contributed by atoms with van der Waals surface area (Å²) in [7, 11) is 0. The fourth-order valence-electron chi connectivity index (χ4n) is 3.57. The maximum Gasteiger partial charge on any atom is 0.264 e. The van der Waals surface area contributed by atoms with Gasteiger partial charge in [-0.15, -0.1) is 0 Å². The molecule has 0 aliphatic rings. The van der Waals surface area contributed by atoms with Gasteiger partial charge in [0.2, 0.25) is 5.88 Å². The largest absolute Gasteiger partial charge is 0.472 e. The quantitative estimate of drug-likeness (QED) is 0.343. The van der Waals surface area contributed by atoms with Crippen LogP contribution in [-0.4, -0.2) is 19.5 Å². The Kier molecular flexibility index (Phi) is 6.72. The molecule has 4 aromatic rings. The van der Waals surface area contributed by atoms with E-state index in [9.17, 15) is 9.18 Å². The molecule has 4 rings (SSSR count). The summed E-state index contributed by atoms with van der Waals surface area (Å²) >= 11 is 6.53. The molecule has 0 atom stereocenters. The highest BCUT2D eigenvalue weighted by Gasteiger charge is 2.19. The summed E-state index contributed by atoms with van der Waals surface area (Å²) < 4.78 is 20.4. The Morgan fingerprint density at radius 2 is 1.74 bits per heavy atom. The van der Waals surface area contributed by atoms with Crippen molar-refractivity contribution in [3.63, 3.8) is 0 Å². The molecule has 0 radical (unpaired) electrons. The molecule has 2 heterocycles. The molecule has 0 bridgehead atoms. The first-order valence-corrected chi connectivity index (χ1v) is 11.5. The Labute approximate surface area is 208 Å². The molecule has 0 fully saturated rings. The topological polar surface area (TPSA) is 69.9 Å². The van der Waals surface area contributed by atoms with Gasteiger partial charge in [0.25, 0.3) is 5.56 Å². The lowest BCUT2D eigenvalue weighted by molar-refractivity contribution is 0.289. The lowest BCUT2D eigenvalue weighted by Crippen LogP contribution is -2.25. The minimum atomic E-state index is -0.322. The summed E-state index contributed by atoms with van der Waals surface area (Å²) in [5, 5.41) is 0.408. The minimum absolute atomic E-state index is 0.164. The number of ether oxygens (including phenoxy) is 1. The molecule has 180 valence electrons.